The SMILES string of the molecule is Cn1cnnc1[C@H]1CCCCN1S(=O)(=O)c1cccs1. The highest BCUT2D eigenvalue weighted by Crippen LogP contribution is 2.35. The minimum Gasteiger partial charge on any atom is -0.319 e. The van der Waals surface area contributed by atoms with Crippen LogP contribution in [-0.4, -0.2) is 34.0 Å². The lowest BCUT2D eigenvalue weighted by molar-refractivity contribution is 0.243. The molecule has 0 N–H and O–H groups in total. The lowest BCUT2D eigenvalue weighted by atomic mass is 10.0. The smallest absolute Gasteiger partial charge is 0.253 e. The van der Waals surface area contributed by atoms with Crippen molar-refractivity contribution < 1.29 is 8.42 Å². The summed E-state index contributed by atoms with van der Waals surface area (Å²) in [4.78, 5) is 0. The van der Waals surface area contributed by atoms with Gasteiger partial charge in [-0.3, -0.25) is 0 Å². The Bertz CT molecular complexity index is 678. The molecule has 1 aliphatic heterocycles. The fourth-order valence-electron chi connectivity index (χ4n) is 2.57. The average Bonchev–Trinajstić information content (AvgIpc) is 3.10. The molecule has 3 heterocycles. The van der Waals surface area contributed by atoms with Crippen molar-refractivity contribution in [1.82, 2.24) is 19.1 Å². The number of hydrogen-bond donors (Lipinski definition) is 0. The van der Waals surface area contributed by atoms with Crippen LogP contribution in [0.2, 0.25) is 0 Å². The van der Waals surface area contributed by atoms with E-state index in [4.69, 9.17) is 0 Å². The number of aryl methyl sites for hydroxylation is 1. The molecule has 0 aliphatic carbocycles. The van der Waals surface area contributed by atoms with Gasteiger partial charge in [-0.15, -0.1) is 21.5 Å². The summed E-state index contributed by atoms with van der Waals surface area (Å²) in [5.41, 5.74) is 0. The summed E-state index contributed by atoms with van der Waals surface area (Å²) in [5, 5.41) is 9.75. The third kappa shape index (κ3) is 2.27. The van der Waals surface area contributed by atoms with Crippen molar-refractivity contribution in [3.63, 3.8) is 0 Å². The van der Waals surface area contributed by atoms with Gasteiger partial charge in [0.1, 0.15) is 10.5 Å². The Balaban J connectivity index is 2.00. The highest BCUT2D eigenvalue weighted by atomic mass is 32.2. The van der Waals surface area contributed by atoms with E-state index in [1.165, 1.54) is 11.3 Å². The van der Waals surface area contributed by atoms with Gasteiger partial charge in [0, 0.05) is 13.6 Å². The molecular formula is C12H16N4O2S2. The quantitative estimate of drug-likeness (QED) is 0.866. The second-order valence-corrected chi connectivity index (χ2v) is 7.92. The Morgan fingerprint density at radius 2 is 2.25 bits per heavy atom. The molecule has 8 heteroatoms. The van der Waals surface area contributed by atoms with E-state index in [1.54, 1.807) is 32.7 Å². The standard InChI is InChI=1S/C12H16N4O2S2/c1-15-9-13-14-12(15)10-5-2-3-7-16(10)20(17,18)11-6-4-8-19-11/h4,6,8-10H,2-3,5,7H2,1H3/t10-/m1/s1. The van der Waals surface area contributed by atoms with Gasteiger partial charge in [0.2, 0.25) is 0 Å². The van der Waals surface area contributed by atoms with Crippen LogP contribution in [0, 0.1) is 0 Å². The van der Waals surface area contributed by atoms with E-state index < -0.39 is 10.0 Å². The van der Waals surface area contributed by atoms with Gasteiger partial charge < -0.3 is 4.57 Å². The molecule has 0 radical (unpaired) electrons. The number of nitrogens with zero attached hydrogens (tertiary/aromatic N) is 4. The summed E-state index contributed by atoms with van der Waals surface area (Å²) < 4.78 is 29.3. The van der Waals surface area contributed by atoms with Crippen molar-refractivity contribution in [2.45, 2.75) is 29.5 Å². The summed E-state index contributed by atoms with van der Waals surface area (Å²) in [6.07, 6.45) is 4.30. The summed E-state index contributed by atoms with van der Waals surface area (Å²) in [5.74, 6) is 0.713. The molecule has 1 saturated heterocycles. The minimum atomic E-state index is -3.44. The summed E-state index contributed by atoms with van der Waals surface area (Å²) in [6.45, 7) is 0.539. The molecule has 0 bridgehead atoms. The Labute approximate surface area is 122 Å². The van der Waals surface area contributed by atoms with E-state index in [9.17, 15) is 8.42 Å². The Kier molecular flexibility index (Phi) is 3.61. The zero-order valence-corrected chi connectivity index (χ0v) is 12.8. The molecule has 0 saturated carbocycles. The fourth-order valence-corrected chi connectivity index (χ4v) is 5.34. The van der Waals surface area contributed by atoms with Crippen molar-refractivity contribution in [3.8, 4) is 0 Å². The lowest BCUT2D eigenvalue weighted by Crippen LogP contribution is -2.39. The third-order valence-electron chi connectivity index (χ3n) is 3.56. The van der Waals surface area contributed by atoms with E-state index in [1.807, 2.05) is 7.05 Å². The molecule has 6 nitrogen and oxygen atoms in total. The number of rotatable bonds is 3. The van der Waals surface area contributed by atoms with Gasteiger partial charge in [0.15, 0.2) is 5.82 Å². The van der Waals surface area contributed by atoms with E-state index in [-0.39, 0.29) is 6.04 Å². The van der Waals surface area contributed by atoms with Crippen LogP contribution in [0.4, 0.5) is 0 Å². The molecule has 0 amide bonds. The molecule has 0 unspecified atom stereocenters. The van der Waals surface area contributed by atoms with Crippen molar-refractivity contribution in [3.05, 3.63) is 29.7 Å². The second kappa shape index (κ2) is 5.27. The molecule has 2 aromatic rings. The molecule has 2 aromatic heterocycles. The van der Waals surface area contributed by atoms with Crippen LogP contribution in [0.15, 0.2) is 28.0 Å². The van der Waals surface area contributed by atoms with Crippen LogP contribution in [-0.2, 0) is 17.1 Å². The molecule has 1 aliphatic rings. The fraction of sp³-hybridized carbons (Fsp3) is 0.500. The summed E-state index contributed by atoms with van der Waals surface area (Å²) >= 11 is 1.25. The Hall–Kier alpha value is -1.25. The Morgan fingerprint density at radius 3 is 2.90 bits per heavy atom. The van der Waals surface area contributed by atoms with Crippen LogP contribution in [0.25, 0.3) is 0 Å². The first-order valence-corrected chi connectivity index (χ1v) is 8.82. The van der Waals surface area contributed by atoms with Gasteiger partial charge >= 0.3 is 0 Å². The zero-order valence-electron chi connectivity index (χ0n) is 11.1. The van der Waals surface area contributed by atoms with Crippen molar-refractivity contribution in [2.75, 3.05) is 6.54 Å². The highest BCUT2D eigenvalue weighted by molar-refractivity contribution is 7.91. The number of hydrogen-bond acceptors (Lipinski definition) is 5. The largest absolute Gasteiger partial charge is 0.319 e. The zero-order chi connectivity index (χ0) is 14.2. The summed E-state index contributed by atoms with van der Waals surface area (Å²) in [6, 6.07) is 3.20. The number of thiophene rings is 1. The lowest BCUT2D eigenvalue weighted by Gasteiger charge is -2.33. The van der Waals surface area contributed by atoms with Crippen molar-refractivity contribution in [1.29, 1.82) is 0 Å². The van der Waals surface area contributed by atoms with Crippen molar-refractivity contribution in [2.24, 2.45) is 7.05 Å². The van der Waals surface area contributed by atoms with Crippen LogP contribution < -0.4 is 0 Å². The maximum atomic E-state index is 12.7. The predicted octanol–water partition coefficient (Wildman–Crippen LogP) is 1.79. The third-order valence-corrected chi connectivity index (χ3v) is 6.84. The molecule has 0 aromatic carbocycles. The Morgan fingerprint density at radius 1 is 1.40 bits per heavy atom. The van der Waals surface area contributed by atoms with Crippen LogP contribution in [0.1, 0.15) is 31.1 Å². The average molecular weight is 312 g/mol. The normalized spacial score (nSPS) is 21.1. The number of piperidine rings is 1. The van der Waals surface area contributed by atoms with Gasteiger partial charge in [-0.25, -0.2) is 8.42 Å². The maximum absolute atomic E-state index is 12.7. The van der Waals surface area contributed by atoms with Crippen LogP contribution in [0.5, 0.6) is 0 Å². The van der Waals surface area contributed by atoms with Gasteiger partial charge in [-0.2, -0.15) is 4.31 Å². The van der Waals surface area contributed by atoms with E-state index in [2.05, 4.69) is 10.2 Å². The van der Waals surface area contributed by atoms with E-state index >= 15 is 0 Å². The molecule has 20 heavy (non-hydrogen) atoms. The van der Waals surface area contributed by atoms with E-state index in [0.717, 1.165) is 19.3 Å². The second-order valence-electron chi connectivity index (χ2n) is 4.86. The van der Waals surface area contributed by atoms with Crippen LogP contribution in [0.3, 0.4) is 0 Å². The molecular weight excluding hydrogens is 296 g/mol. The first-order chi connectivity index (χ1) is 9.60. The van der Waals surface area contributed by atoms with Gasteiger partial charge in [-0.05, 0) is 24.3 Å². The predicted molar refractivity (Wildman–Crippen MR) is 75.8 cm³/mol. The van der Waals surface area contributed by atoms with Gasteiger partial charge in [0.25, 0.3) is 10.0 Å². The molecule has 1 fully saturated rings. The topological polar surface area (TPSA) is 68.1 Å². The molecule has 1 atom stereocenters. The summed E-state index contributed by atoms with van der Waals surface area (Å²) in [7, 11) is -1.59. The van der Waals surface area contributed by atoms with Crippen LogP contribution >= 0.6 is 11.3 Å². The molecule has 3 rings (SSSR count). The molecule has 0 spiro atoms. The van der Waals surface area contributed by atoms with Gasteiger partial charge in [0.05, 0.1) is 6.04 Å². The number of sulfonamides is 1. The first-order valence-electron chi connectivity index (χ1n) is 6.50. The maximum Gasteiger partial charge on any atom is 0.253 e. The highest BCUT2D eigenvalue weighted by Gasteiger charge is 2.37. The molecule has 108 valence electrons. The van der Waals surface area contributed by atoms with Crippen molar-refractivity contribution >= 4 is 21.4 Å². The monoisotopic (exact) mass is 312 g/mol. The first kappa shape index (κ1) is 13.7. The number of aromatic nitrogens is 3. The van der Waals surface area contributed by atoms with Gasteiger partial charge in [-0.1, -0.05) is 12.5 Å². The minimum absolute atomic E-state index is 0.219. The van der Waals surface area contributed by atoms with E-state index in [0.29, 0.717) is 16.6 Å².